The van der Waals surface area contributed by atoms with Crippen LogP contribution >= 0.6 is 0 Å². The number of hydrogen-bond acceptors (Lipinski definition) is 7. The minimum absolute atomic E-state index is 0.0810. The van der Waals surface area contributed by atoms with E-state index in [1.54, 1.807) is 12.2 Å². The van der Waals surface area contributed by atoms with Crippen molar-refractivity contribution in [3.05, 3.63) is 58.6 Å². The van der Waals surface area contributed by atoms with Gasteiger partial charge >= 0.3 is 0 Å². The van der Waals surface area contributed by atoms with Gasteiger partial charge in [0.05, 0.1) is 13.7 Å². The predicted molar refractivity (Wildman–Crippen MR) is 132 cm³/mol. The third-order valence-electron chi connectivity index (χ3n) is 7.42. The minimum Gasteiger partial charge on any atom is -0.494 e. The lowest BCUT2D eigenvalue weighted by atomic mass is 9.87. The Kier molecular flexibility index (Phi) is 6.50. The maximum atomic E-state index is 14.8. The summed E-state index contributed by atoms with van der Waals surface area (Å²) in [5.74, 6) is 3.39. The summed E-state index contributed by atoms with van der Waals surface area (Å²) in [6.45, 7) is 4.43. The lowest BCUT2D eigenvalue weighted by Gasteiger charge is -2.37. The second-order valence-corrected chi connectivity index (χ2v) is 9.55. The number of amides is 1. The molecule has 5 N–H and O–H groups in total. The average Bonchev–Trinajstić information content (AvgIpc) is 3.32. The fourth-order valence-electron chi connectivity index (χ4n) is 5.47. The van der Waals surface area contributed by atoms with Crippen LogP contribution in [-0.2, 0) is 9.53 Å². The monoisotopic (exact) mass is 478 g/mol. The Morgan fingerprint density at radius 3 is 2.91 bits per heavy atom. The quantitative estimate of drug-likeness (QED) is 0.452. The number of nitrogens with two attached hydrogens (primary N) is 1. The molecule has 4 aliphatic heterocycles. The van der Waals surface area contributed by atoms with E-state index in [-0.39, 0.29) is 23.9 Å². The van der Waals surface area contributed by atoms with Crippen molar-refractivity contribution >= 4 is 11.7 Å². The van der Waals surface area contributed by atoms with Crippen molar-refractivity contribution in [1.29, 1.82) is 0 Å². The number of rotatable bonds is 3. The number of piperidine rings is 1. The molecule has 0 saturated carbocycles. The molecule has 2 fully saturated rings. The highest BCUT2D eigenvalue weighted by molar-refractivity contribution is 6.07. The van der Waals surface area contributed by atoms with E-state index < -0.39 is 11.9 Å². The molecule has 3 unspecified atom stereocenters. The number of aliphatic imine (C=N–C) groups is 1. The number of amidine groups is 1. The van der Waals surface area contributed by atoms with Crippen LogP contribution in [0.5, 0.6) is 0 Å². The fourth-order valence-corrected chi connectivity index (χ4v) is 5.47. The van der Waals surface area contributed by atoms with E-state index in [1.807, 2.05) is 6.08 Å². The molecule has 0 bridgehead atoms. The van der Waals surface area contributed by atoms with Gasteiger partial charge in [0.1, 0.15) is 17.7 Å². The Bertz CT molecular complexity index is 1130. The highest BCUT2D eigenvalue weighted by Crippen LogP contribution is 2.42. The molecule has 9 heteroatoms. The Morgan fingerprint density at radius 1 is 1.37 bits per heavy atom. The highest BCUT2D eigenvalue weighted by Gasteiger charge is 2.40. The number of nitrogens with one attached hydrogen (secondary N) is 3. The Labute approximate surface area is 204 Å². The fraction of sp³-hybridized carbons (Fsp3) is 0.462. The van der Waals surface area contributed by atoms with Gasteiger partial charge in [-0.3, -0.25) is 9.79 Å². The van der Waals surface area contributed by atoms with Crippen LogP contribution in [0.2, 0.25) is 0 Å². The van der Waals surface area contributed by atoms with Gasteiger partial charge in [0.2, 0.25) is 0 Å². The van der Waals surface area contributed by atoms with Crippen molar-refractivity contribution in [3.63, 3.8) is 0 Å². The molecule has 2 saturated heterocycles. The molecule has 0 aromatic rings. The number of dihydropyridines is 1. The van der Waals surface area contributed by atoms with Gasteiger partial charge in [-0.25, -0.2) is 4.39 Å². The Hall–Kier alpha value is -3.35. The van der Waals surface area contributed by atoms with Crippen molar-refractivity contribution in [3.8, 4) is 12.3 Å². The van der Waals surface area contributed by atoms with Crippen molar-refractivity contribution in [2.45, 2.75) is 18.9 Å². The first kappa shape index (κ1) is 23.4. The van der Waals surface area contributed by atoms with Crippen LogP contribution in [-0.4, -0.2) is 62.5 Å². The van der Waals surface area contributed by atoms with Crippen molar-refractivity contribution in [1.82, 2.24) is 20.9 Å². The number of halogens is 1. The Balaban J connectivity index is 1.43. The largest absolute Gasteiger partial charge is 0.494 e. The first-order valence-corrected chi connectivity index (χ1v) is 12.0. The second-order valence-electron chi connectivity index (χ2n) is 9.55. The van der Waals surface area contributed by atoms with Gasteiger partial charge in [-0.05, 0) is 49.1 Å². The molecular weight excluding hydrogens is 447 g/mol. The topological polar surface area (TPSA) is 104 Å². The van der Waals surface area contributed by atoms with E-state index in [1.165, 1.54) is 13.5 Å². The van der Waals surface area contributed by atoms with E-state index in [0.29, 0.717) is 24.2 Å². The molecule has 0 aromatic carbocycles. The first-order chi connectivity index (χ1) is 17.0. The average molecular weight is 479 g/mol. The van der Waals surface area contributed by atoms with Crippen LogP contribution in [0.15, 0.2) is 63.5 Å². The van der Waals surface area contributed by atoms with Gasteiger partial charge in [-0.1, -0.05) is 12.0 Å². The van der Waals surface area contributed by atoms with E-state index >= 15 is 0 Å². The number of carbonyl (C=O) groups excluding carboxylic acids is 1. The molecule has 5 rings (SSSR count). The van der Waals surface area contributed by atoms with Crippen LogP contribution in [0.1, 0.15) is 12.8 Å². The normalized spacial score (nSPS) is 30.7. The maximum Gasteiger partial charge on any atom is 0.254 e. The number of ether oxygens (including phenoxy) is 1. The lowest BCUT2D eigenvalue weighted by molar-refractivity contribution is -0.119. The zero-order chi connectivity index (χ0) is 24.5. The SMILES string of the molecule is C#C[C@@H](N)C(=O)NC1=NC/C(=C2\C=C(N3CC4CCNCC4C3)C3CC(F)=C(OC)C=C3N2)C=C1. The molecule has 5 aliphatic rings. The van der Waals surface area contributed by atoms with Gasteiger partial charge in [0.15, 0.2) is 5.76 Å². The summed E-state index contributed by atoms with van der Waals surface area (Å²) < 4.78 is 20.1. The van der Waals surface area contributed by atoms with Crippen LogP contribution in [0.3, 0.4) is 0 Å². The van der Waals surface area contributed by atoms with Crippen LogP contribution in [0.25, 0.3) is 0 Å². The molecule has 1 aliphatic carbocycles. The first-order valence-electron chi connectivity index (χ1n) is 12.0. The number of hydrogen-bond donors (Lipinski definition) is 4. The number of carbonyl (C=O) groups is 1. The number of fused-ring (bicyclic) bond motifs is 2. The predicted octanol–water partition coefficient (Wildman–Crippen LogP) is 1.05. The summed E-state index contributed by atoms with van der Waals surface area (Å²) in [5, 5.41) is 9.66. The van der Waals surface area contributed by atoms with Gasteiger partial charge in [0.25, 0.3) is 5.91 Å². The minimum atomic E-state index is -1.02. The molecule has 35 heavy (non-hydrogen) atoms. The standard InChI is InChI=1S/C26H31FN6O2/c1-3-20(28)26(34)32-25-5-4-15(12-30-25)21-9-23(33-13-16-6-7-29-11-17(16)14-33)18-8-19(27)24(35-2)10-22(18)31-21/h1,4-5,9-10,16-18,20,29,31H,6-8,11-14,28H2,2H3,(H,30,32,34)/b21-15+/t16?,17?,18?,20-/m1/s1. The summed E-state index contributed by atoms with van der Waals surface area (Å²) >= 11 is 0. The molecule has 0 radical (unpaired) electrons. The summed E-state index contributed by atoms with van der Waals surface area (Å²) in [4.78, 5) is 18.9. The second kappa shape index (κ2) is 9.72. The van der Waals surface area contributed by atoms with Crippen LogP contribution in [0.4, 0.5) is 4.39 Å². The van der Waals surface area contributed by atoms with Gasteiger partial charge in [-0.15, -0.1) is 6.42 Å². The van der Waals surface area contributed by atoms with Crippen molar-refractivity contribution in [2.75, 3.05) is 39.8 Å². The van der Waals surface area contributed by atoms with E-state index in [0.717, 1.165) is 48.8 Å². The van der Waals surface area contributed by atoms with Gasteiger partial charge in [0, 0.05) is 48.6 Å². The zero-order valence-corrected chi connectivity index (χ0v) is 19.8. The third-order valence-corrected chi connectivity index (χ3v) is 7.42. The number of allylic oxidation sites excluding steroid dienone is 3. The Morgan fingerprint density at radius 2 is 2.20 bits per heavy atom. The number of methoxy groups -OCH3 is 1. The third kappa shape index (κ3) is 4.64. The summed E-state index contributed by atoms with van der Waals surface area (Å²) in [6, 6.07) is -1.02. The maximum absolute atomic E-state index is 14.8. The van der Waals surface area contributed by atoms with Crippen LogP contribution in [0, 0.1) is 30.1 Å². The molecular formula is C26H31FN6O2. The molecule has 0 spiro atoms. The molecule has 0 aromatic heterocycles. The number of nitrogens with zero attached hydrogens (tertiary/aromatic N) is 2. The lowest BCUT2D eigenvalue weighted by Crippen LogP contribution is -2.42. The molecule has 184 valence electrons. The zero-order valence-electron chi connectivity index (χ0n) is 19.8. The summed E-state index contributed by atoms with van der Waals surface area (Å²) in [7, 11) is 1.49. The molecule has 4 atom stereocenters. The highest BCUT2D eigenvalue weighted by atomic mass is 19.1. The molecule has 4 heterocycles. The van der Waals surface area contributed by atoms with Crippen LogP contribution < -0.4 is 21.7 Å². The van der Waals surface area contributed by atoms with E-state index in [2.05, 4.69) is 37.8 Å². The molecule has 1 amide bonds. The summed E-state index contributed by atoms with van der Waals surface area (Å²) in [6.07, 6.45) is 14.2. The number of terminal acetylenes is 1. The van der Waals surface area contributed by atoms with Gasteiger partial charge < -0.3 is 31.3 Å². The van der Waals surface area contributed by atoms with E-state index in [4.69, 9.17) is 16.9 Å². The van der Waals surface area contributed by atoms with Crippen molar-refractivity contribution < 1.29 is 13.9 Å². The molecule has 8 nitrogen and oxygen atoms in total. The van der Waals surface area contributed by atoms with E-state index in [9.17, 15) is 9.18 Å². The summed E-state index contributed by atoms with van der Waals surface area (Å²) in [5.41, 5.74) is 9.52. The van der Waals surface area contributed by atoms with Gasteiger partial charge in [-0.2, -0.15) is 0 Å². The van der Waals surface area contributed by atoms with Crippen molar-refractivity contribution in [2.24, 2.45) is 28.5 Å². The number of likely N-dealkylation sites (tertiary alicyclic amines) is 1. The smallest absolute Gasteiger partial charge is 0.254 e.